The van der Waals surface area contributed by atoms with Crippen LogP contribution in [0.4, 0.5) is 4.79 Å². The molecule has 0 bridgehead atoms. The third kappa shape index (κ3) is 4.70. The summed E-state index contributed by atoms with van der Waals surface area (Å²) in [6.07, 6.45) is 1.93. The Morgan fingerprint density at radius 1 is 1.08 bits per heavy atom. The van der Waals surface area contributed by atoms with Crippen LogP contribution in [-0.4, -0.2) is 24.0 Å². The first-order valence-corrected chi connectivity index (χ1v) is 9.58. The third-order valence-corrected chi connectivity index (χ3v) is 5.61. The van der Waals surface area contributed by atoms with E-state index in [4.69, 9.17) is 28.9 Å². The van der Waals surface area contributed by atoms with Crippen molar-refractivity contribution in [2.24, 2.45) is 5.73 Å². The maximum Gasteiger partial charge on any atom is 0.317 e. The number of nitrogens with one attached hydrogen (secondary N) is 1. The molecule has 4 nitrogen and oxygen atoms in total. The topological polar surface area (TPSA) is 58.4 Å². The molecule has 3 N–H and O–H groups in total. The van der Waals surface area contributed by atoms with Crippen LogP contribution in [0, 0.1) is 0 Å². The maximum absolute atomic E-state index is 12.4. The summed E-state index contributed by atoms with van der Waals surface area (Å²) >= 11 is 11.9. The lowest BCUT2D eigenvalue weighted by Crippen LogP contribution is -2.43. The van der Waals surface area contributed by atoms with E-state index in [1.165, 1.54) is 5.56 Å². The summed E-state index contributed by atoms with van der Waals surface area (Å²) in [7, 11) is 0. The number of hydrogen-bond donors (Lipinski definition) is 2. The Balaban J connectivity index is 1.50. The van der Waals surface area contributed by atoms with Gasteiger partial charge in [0, 0.05) is 26.2 Å². The molecule has 0 aromatic heterocycles. The van der Waals surface area contributed by atoms with Gasteiger partial charge in [-0.15, -0.1) is 0 Å². The maximum atomic E-state index is 12.4. The van der Waals surface area contributed by atoms with Gasteiger partial charge in [-0.2, -0.15) is 0 Å². The first-order valence-electron chi connectivity index (χ1n) is 8.82. The van der Waals surface area contributed by atoms with E-state index in [2.05, 4.69) is 29.6 Å². The predicted molar refractivity (Wildman–Crippen MR) is 107 cm³/mol. The fourth-order valence-corrected chi connectivity index (χ4v) is 3.65. The molecule has 2 aromatic carbocycles. The summed E-state index contributed by atoms with van der Waals surface area (Å²) in [6.45, 7) is 2.51. The number of carbonyl (C=O) groups excluding carboxylic acids is 1. The molecule has 26 heavy (non-hydrogen) atoms. The Kier molecular flexibility index (Phi) is 6.41. The van der Waals surface area contributed by atoms with Gasteiger partial charge in [-0.1, -0.05) is 53.5 Å². The van der Waals surface area contributed by atoms with Gasteiger partial charge in [-0.3, -0.25) is 0 Å². The molecular weight excluding hydrogens is 369 g/mol. The van der Waals surface area contributed by atoms with Crippen molar-refractivity contribution in [2.45, 2.75) is 31.8 Å². The van der Waals surface area contributed by atoms with E-state index in [1.807, 2.05) is 11.0 Å². The van der Waals surface area contributed by atoms with Crippen molar-refractivity contribution < 1.29 is 4.79 Å². The molecule has 1 heterocycles. The van der Waals surface area contributed by atoms with Gasteiger partial charge in [0.2, 0.25) is 0 Å². The van der Waals surface area contributed by atoms with Crippen LogP contribution < -0.4 is 11.1 Å². The highest BCUT2D eigenvalue weighted by molar-refractivity contribution is 6.42. The van der Waals surface area contributed by atoms with Gasteiger partial charge in [-0.25, -0.2) is 4.79 Å². The fourth-order valence-electron chi connectivity index (χ4n) is 3.33. The molecule has 2 amide bonds. The predicted octanol–water partition coefficient (Wildman–Crippen LogP) is 4.54. The number of urea groups is 1. The van der Waals surface area contributed by atoms with Gasteiger partial charge in [0.15, 0.2) is 0 Å². The Bertz CT molecular complexity index is 773. The molecule has 0 saturated carbocycles. The number of carbonyl (C=O) groups is 1. The number of nitrogens with zero attached hydrogens (tertiary/aromatic N) is 1. The van der Waals surface area contributed by atoms with Gasteiger partial charge in [0.05, 0.1) is 10.0 Å². The van der Waals surface area contributed by atoms with Crippen LogP contribution >= 0.6 is 23.2 Å². The summed E-state index contributed by atoms with van der Waals surface area (Å²) < 4.78 is 0. The summed E-state index contributed by atoms with van der Waals surface area (Å²) in [6, 6.07) is 13.8. The molecule has 0 atom stereocenters. The molecule has 138 valence electrons. The van der Waals surface area contributed by atoms with Crippen molar-refractivity contribution >= 4 is 29.2 Å². The number of nitrogens with two attached hydrogens (primary N) is 1. The van der Waals surface area contributed by atoms with E-state index in [9.17, 15) is 4.79 Å². The number of rotatable bonds is 4. The number of hydrogen-bond acceptors (Lipinski definition) is 2. The second kappa shape index (κ2) is 8.76. The van der Waals surface area contributed by atoms with E-state index < -0.39 is 0 Å². The number of likely N-dealkylation sites (tertiary alicyclic amines) is 1. The zero-order valence-electron chi connectivity index (χ0n) is 14.6. The fraction of sp³-hybridized carbons (Fsp3) is 0.350. The number of benzene rings is 2. The first kappa shape index (κ1) is 19.0. The molecule has 3 rings (SSSR count). The molecule has 2 aromatic rings. The normalized spacial score (nSPS) is 15.1. The molecule has 0 aliphatic carbocycles. The molecule has 6 heteroatoms. The Morgan fingerprint density at radius 2 is 1.85 bits per heavy atom. The van der Waals surface area contributed by atoms with E-state index >= 15 is 0 Å². The van der Waals surface area contributed by atoms with Crippen molar-refractivity contribution in [1.82, 2.24) is 10.2 Å². The van der Waals surface area contributed by atoms with Crippen LogP contribution in [0.2, 0.25) is 10.0 Å². The van der Waals surface area contributed by atoms with Crippen molar-refractivity contribution in [3.8, 4) is 0 Å². The van der Waals surface area contributed by atoms with Crippen LogP contribution in [0.25, 0.3) is 0 Å². The van der Waals surface area contributed by atoms with Crippen LogP contribution in [0.15, 0.2) is 42.5 Å². The lowest BCUT2D eigenvalue weighted by molar-refractivity contribution is 0.181. The van der Waals surface area contributed by atoms with Crippen molar-refractivity contribution in [2.75, 3.05) is 13.1 Å². The van der Waals surface area contributed by atoms with Gasteiger partial charge in [0.25, 0.3) is 0 Å². The highest BCUT2D eigenvalue weighted by Gasteiger charge is 2.23. The minimum Gasteiger partial charge on any atom is -0.334 e. The largest absolute Gasteiger partial charge is 0.334 e. The zero-order valence-corrected chi connectivity index (χ0v) is 16.1. The quantitative estimate of drug-likeness (QED) is 0.803. The van der Waals surface area contributed by atoms with Crippen molar-refractivity contribution in [3.63, 3.8) is 0 Å². The molecule has 1 aliphatic rings. The van der Waals surface area contributed by atoms with Gasteiger partial charge in [-0.05, 0) is 47.6 Å². The Hall–Kier alpha value is -1.75. The van der Waals surface area contributed by atoms with Gasteiger partial charge >= 0.3 is 6.03 Å². The van der Waals surface area contributed by atoms with Crippen molar-refractivity contribution in [3.05, 3.63) is 69.2 Å². The smallest absolute Gasteiger partial charge is 0.317 e. The number of piperidine rings is 1. The van der Waals surface area contributed by atoms with Gasteiger partial charge < -0.3 is 16.0 Å². The standard InChI is InChI=1S/C20H23Cl2N3O/c21-18-5-4-15(11-19(18)22)13-24-20(26)25-8-6-16(7-9-25)17-3-1-2-14(10-17)12-23/h1-5,10-11,16H,6-9,12-13,23H2,(H,24,26). The highest BCUT2D eigenvalue weighted by Crippen LogP contribution is 2.28. The summed E-state index contributed by atoms with van der Waals surface area (Å²) in [5.41, 5.74) is 9.14. The lowest BCUT2D eigenvalue weighted by Gasteiger charge is -2.32. The monoisotopic (exact) mass is 391 g/mol. The molecule has 0 radical (unpaired) electrons. The minimum atomic E-state index is -0.0368. The molecular formula is C20H23Cl2N3O. The number of amides is 2. The average molecular weight is 392 g/mol. The SMILES string of the molecule is NCc1cccc(C2CCN(C(=O)NCc3ccc(Cl)c(Cl)c3)CC2)c1. The molecule has 0 unspecified atom stereocenters. The minimum absolute atomic E-state index is 0.0368. The van der Waals surface area contributed by atoms with Crippen LogP contribution in [-0.2, 0) is 13.1 Å². The summed E-state index contributed by atoms with van der Waals surface area (Å²) in [5, 5.41) is 3.97. The van der Waals surface area contributed by atoms with E-state index in [-0.39, 0.29) is 6.03 Å². The zero-order chi connectivity index (χ0) is 18.5. The first-order chi connectivity index (χ1) is 12.6. The molecule has 1 aliphatic heterocycles. The average Bonchev–Trinajstić information content (AvgIpc) is 2.69. The van der Waals surface area contributed by atoms with Crippen LogP contribution in [0.1, 0.15) is 35.4 Å². The van der Waals surface area contributed by atoms with E-state index in [0.29, 0.717) is 29.1 Å². The Labute approximate surface area is 164 Å². The summed E-state index contributed by atoms with van der Waals surface area (Å²) in [5.74, 6) is 0.487. The van der Waals surface area contributed by atoms with Gasteiger partial charge in [0.1, 0.15) is 0 Å². The Morgan fingerprint density at radius 3 is 2.54 bits per heavy atom. The molecule has 0 spiro atoms. The number of halogens is 2. The van der Waals surface area contributed by atoms with Crippen molar-refractivity contribution in [1.29, 1.82) is 0 Å². The van der Waals surface area contributed by atoms with E-state index in [1.54, 1.807) is 12.1 Å². The van der Waals surface area contributed by atoms with Crippen LogP contribution in [0.5, 0.6) is 0 Å². The molecule has 1 fully saturated rings. The highest BCUT2D eigenvalue weighted by atomic mass is 35.5. The van der Waals surface area contributed by atoms with Crippen LogP contribution in [0.3, 0.4) is 0 Å². The molecule has 1 saturated heterocycles. The lowest BCUT2D eigenvalue weighted by atomic mass is 9.88. The third-order valence-electron chi connectivity index (χ3n) is 4.87. The second-order valence-electron chi connectivity index (χ2n) is 6.62. The summed E-state index contributed by atoms with van der Waals surface area (Å²) in [4.78, 5) is 14.3. The second-order valence-corrected chi connectivity index (χ2v) is 7.43. The van der Waals surface area contributed by atoms with E-state index in [0.717, 1.165) is 37.1 Å².